The van der Waals surface area contributed by atoms with E-state index in [-0.39, 0.29) is 5.54 Å². The van der Waals surface area contributed by atoms with Gasteiger partial charge in [0.15, 0.2) is 0 Å². The Morgan fingerprint density at radius 3 is 2.57 bits per heavy atom. The van der Waals surface area contributed by atoms with Crippen LogP contribution in [-0.2, 0) is 5.54 Å². The maximum atomic E-state index is 11.2. The molecule has 1 heterocycles. The van der Waals surface area contributed by atoms with Gasteiger partial charge in [-0.15, -0.1) is 0 Å². The van der Waals surface area contributed by atoms with Crippen molar-refractivity contribution in [3.05, 3.63) is 29.6 Å². The average molecular weight is 286 g/mol. The molecular formula is C17H22N2O2. The van der Waals surface area contributed by atoms with Gasteiger partial charge < -0.3 is 9.67 Å². The Kier molecular flexibility index (Phi) is 3.08. The molecule has 0 spiro atoms. The Bertz CT molecular complexity index is 709. The van der Waals surface area contributed by atoms with Crippen LogP contribution in [-0.4, -0.2) is 20.6 Å². The van der Waals surface area contributed by atoms with Gasteiger partial charge >= 0.3 is 5.97 Å². The molecule has 0 aliphatic heterocycles. The number of hydrogen-bond acceptors (Lipinski definition) is 2. The van der Waals surface area contributed by atoms with Crippen LogP contribution < -0.4 is 0 Å². The number of nitrogens with zero attached hydrogens (tertiary/aromatic N) is 2. The molecule has 0 saturated heterocycles. The van der Waals surface area contributed by atoms with Crippen molar-refractivity contribution in [3.63, 3.8) is 0 Å². The summed E-state index contributed by atoms with van der Waals surface area (Å²) in [5, 5.41) is 9.15. The maximum absolute atomic E-state index is 11.2. The molecule has 0 unspecified atom stereocenters. The SMILES string of the molecule is CC(C)c1nc2cc(C(=O)O)ccc2n1C(C)(C)C1CC1. The van der Waals surface area contributed by atoms with Gasteiger partial charge in [0, 0.05) is 11.5 Å². The van der Waals surface area contributed by atoms with Crippen molar-refractivity contribution in [1.82, 2.24) is 9.55 Å². The quantitative estimate of drug-likeness (QED) is 0.924. The lowest BCUT2D eigenvalue weighted by Crippen LogP contribution is -2.30. The molecule has 1 aliphatic carbocycles. The van der Waals surface area contributed by atoms with Crippen LogP contribution in [0.15, 0.2) is 18.2 Å². The first-order valence-electron chi connectivity index (χ1n) is 7.58. The van der Waals surface area contributed by atoms with Gasteiger partial charge in [0.25, 0.3) is 0 Å². The van der Waals surface area contributed by atoms with E-state index in [0.717, 1.165) is 16.9 Å². The zero-order chi connectivity index (χ0) is 15.4. The highest BCUT2D eigenvalue weighted by Gasteiger charge is 2.41. The number of hydrogen-bond donors (Lipinski definition) is 1. The largest absolute Gasteiger partial charge is 0.478 e. The lowest BCUT2D eigenvalue weighted by Gasteiger charge is -2.30. The maximum Gasteiger partial charge on any atom is 0.335 e. The van der Waals surface area contributed by atoms with E-state index in [1.54, 1.807) is 12.1 Å². The van der Waals surface area contributed by atoms with Crippen LogP contribution in [0.1, 0.15) is 62.6 Å². The standard InChI is InChI=1S/C17H22N2O2/c1-10(2)15-18-13-9-11(16(20)21)5-8-14(13)19(15)17(3,4)12-6-7-12/h5,8-10,12H,6-7H2,1-4H3,(H,20,21). The average Bonchev–Trinajstić information content (AvgIpc) is 3.18. The number of aromatic nitrogens is 2. The van der Waals surface area contributed by atoms with Crippen LogP contribution in [0.3, 0.4) is 0 Å². The molecule has 21 heavy (non-hydrogen) atoms. The van der Waals surface area contributed by atoms with Crippen molar-refractivity contribution in [2.45, 2.75) is 52.0 Å². The molecule has 1 aliphatic rings. The minimum Gasteiger partial charge on any atom is -0.478 e. The van der Waals surface area contributed by atoms with E-state index < -0.39 is 5.97 Å². The number of carboxylic acids is 1. The molecule has 1 N–H and O–H groups in total. The van der Waals surface area contributed by atoms with Crippen LogP contribution >= 0.6 is 0 Å². The predicted molar refractivity (Wildman–Crippen MR) is 82.8 cm³/mol. The number of aromatic carboxylic acids is 1. The van der Waals surface area contributed by atoms with E-state index in [1.165, 1.54) is 12.8 Å². The number of imidazole rings is 1. The minimum atomic E-state index is -0.904. The Labute approximate surface area is 124 Å². The molecule has 0 amide bonds. The number of carboxylic acid groups (broad SMARTS) is 1. The molecule has 0 bridgehead atoms. The summed E-state index contributed by atoms with van der Waals surface area (Å²) in [6.07, 6.45) is 2.52. The van der Waals surface area contributed by atoms with Crippen LogP contribution in [0.25, 0.3) is 11.0 Å². The van der Waals surface area contributed by atoms with Crippen LogP contribution in [0.2, 0.25) is 0 Å². The summed E-state index contributed by atoms with van der Waals surface area (Å²) < 4.78 is 2.33. The summed E-state index contributed by atoms with van der Waals surface area (Å²) in [7, 11) is 0. The molecular weight excluding hydrogens is 264 g/mol. The van der Waals surface area contributed by atoms with Crippen molar-refractivity contribution < 1.29 is 9.90 Å². The highest BCUT2D eigenvalue weighted by atomic mass is 16.4. The van der Waals surface area contributed by atoms with Gasteiger partial charge in [-0.3, -0.25) is 0 Å². The zero-order valence-electron chi connectivity index (χ0n) is 13.1. The molecule has 2 aromatic rings. The molecule has 1 aromatic carbocycles. The highest BCUT2D eigenvalue weighted by Crippen LogP contribution is 2.46. The Hall–Kier alpha value is -1.84. The smallest absolute Gasteiger partial charge is 0.335 e. The Balaban J connectivity index is 2.25. The highest BCUT2D eigenvalue weighted by molar-refractivity contribution is 5.92. The fourth-order valence-corrected chi connectivity index (χ4v) is 3.20. The first kappa shape index (κ1) is 14.1. The van der Waals surface area contributed by atoms with Crippen molar-refractivity contribution in [1.29, 1.82) is 0 Å². The van der Waals surface area contributed by atoms with E-state index in [1.807, 2.05) is 6.07 Å². The van der Waals surface area contributed by atoms with Crippen LogP contribution in [0.4, 0.5) is 0 Å². The first-order chi connectivity index (χ1) is 9.82. The van der Waals surface area contributed by atoms with Crippen molar-refractivity contribution in [2.24, 2.45) is 5.92 Å². The summed E-state index contributed by atoms with van der Waals surface area (Å²) in [6, 6.07) is 5.26. The van der Waals surface area contributed by atoms with Gasteiger partial charge in [-0.05, 0) is 50.8 Å². The van der Waals surface area contributed by atoms with E-state index >= 15 is 0 Å². The molecule has 112 valence electrons. The minimum absolute atomic E-state index is 0.0269. The van der Waals surface area contributed by atoms with Crippen LogP contribution in [0.5, 0.6) is 0 Å². The third-order valence-corrected chi connectivity index (χ3v) is 4.60. The lowest BCUT2D eigenvalue weighted by atomic mass is 9.96. The van der Waals surface area contributed by atoms with Crippen molar-refractivity contribution >= 4 is 17.0 Å². The second-order valence-electron chi connectivity index (χ2n) is 6.90. The fourth-order valence-electron chi connectivity index (χ4n) is 3.20. The van der Waals surface area contributed by atoms with Gasteiger partial charge in [0.2, 0.25) is 0 Å². The number of benzene rings is 1. The molecule has 4 heteroatoms. The molecule has 1 aromatic heterocycles. The summed E-state index contributed by atoms with van der Waals surface area (Å²) in [4.78, 5) is 15.9. The normalized spacial score (nSPS) is 15.9. The van der Waals surface area contributed by atoms with E-state index in [9.17, 15) is 4.79 Å². The van der Waals surface area contributed by atoms with Gasteiger partial charge in [-0.25, -0.2) is 9.78 Å². The molecule has 1 saturated carbocycles. The van der Waals surface area contributed by atoms with E-state index in [4.69, 9.17) is 10.1 Å². The predicted octanol–water partition coefficient (Wildman–Crippen LogP) is 4.00. The molecule has 3 rings (SSSR count). The summed E-state index contributed by atoms with van der Waals surface area (Å²) in [5.74, 6) is 1.14. The second-order valence-corrected chi connectivity index (χ2v) is 6.90. The molecule has 0 radical (unpaired) electrons. The first-order valence-corrected chi connectivity index (χ1v) is 7.58. The monoisotopic (exact) mass is 286 g/mol. The van der Waals surface area contributed by atoms with Gasteiger partial charge in [0.05, 0.1) is 16.6 Å². The summed E-state index contributed by atoms with van der Waals surface area (Å²) >= 11 is 0. The third kappa shape index (κ3) is 2.23. The topological polar surface area (TPSA) is 55.1 Å². The van der Waals surface area contributed by atoms with Crippen molar-refractivity contribution in [2.75, 3.05) is 0 Å². The Morgan fingerprint density at radius 2 is 2.05 bits per heavy atom. The Morgan fingerprint density at radius 1 is 1.38 bits per heavy atom. The number of fused-ring (bicyclic) bond motifs is 1. The van der Waals surface area contributed by atoms with Crippen molar-refractivity contribution in [3.8, 4) is 0 Å². The number of rotatable bonds is 4. The zero-order valence-corrected chi connectivity index (χ0v) is 13.1. The second kappa shape index (κ2) is 4.58. The van der Waals surface area contributed by atoms with Gasteiger partial charge in [-0.2, -0.15) is 0 Å². The fraction of sp³-hybridized carbons (Fsp3) is 0.529. The van der Waals surface area contributed by atoms with Crippen LogP contribution in [0, 0.1) is 5.92 Å². The van der Waals surface area contributed by atoms with E-state index in [2.05, 4.69) is 32.3 Å². The van der Waals surface area contributed by atoms with E-state index in [0.29, 0.717) is 17.4 Å². The summed E-state index contributed by atoms with van der Waals surface area (Å²) in [5.41, 5.74) is 2.15. The summed E-state index contributed by atoms with van der Waals surface area (Å²) in [6.45, 7) is 8.81. The van der Waals surface area contributed by atoms with Gasteiger partial charge in [-0.1, -0.05) is 13.8 Å². The molecule has 0 atom stereocenters. The number of carbonyl (C=O) groups is 1. The van der Waals surface area contributed by atoms with Gasteiger partial charge in [0.1, 0.15) is 5.82 Å². The third-order valence-electron chi connectivity index (χ3n) is 4.60. The molecule has 1 fully saturated rings. The molecule has 4 nitrogen and oxygen atoms in total. The lowest BCUT2D eigenvalue weighted by molar-refractivity contribution is 0.0697.